The van der Waals surface area contributed by atoms with Gasteiger partial charge in [-0.3, -0.25) is 0 Å². The average Bonchev–Trinajstić information content (AvgIpc) is 1.75. The van der Waals surface area contributed by atoms with Gasteiger partial charge in [-0.15, -0.1) is 0 Å². The monoisotopic (exact) mass is 1140 g/mol. The molecule has 0 aliphatic rings. The molecule has 0 spiro atoms. The third kappa shape index (κ3) is 10.5. The maximum atomic E-state index is 6.34. The fraction of sp³-hybridized carbons (Fsp3) is 0.154. The van der Waals surface area contributed by atoms with Crippen LogP contribution in [0.15, 0.2) is 214 Å². The molecule has 0 atom stereocenters. The summed E-state index contributed by atoms with van der Waals surface area (Å²) in [5.41, 5.74) is 29.0. The first-order valence-corrected chi connectivity index (χ1v) is 29.6. The van der Waals surface area contributed by atoms with Gasteiger partial charge in [0.05, 0.1) is 22.3 Å². The van der Waals surface area contributed by atoms with Crippen LogP contribution in [0.5, 0.6) is 0 Å². The van der Waals surface area contributed by atoms with Crippen molar-refractivity contribution in [3.8, 4) is 67.2 Å². The first kappa shape index (κ1) is 55.8. The van der Waals surface area contributed by atoms with E-state index in [0.717, 1.165) is 99.9 Å². The summed E-state index contributed by atoms with van der Waals surface area (Å²) in [7, 11) is 6.27. The fourth-order valence-electron chi connectivity index (χ4n) is 12.1. The van der Waals surface area contributed by atoms with Crippen LogP contribution in [-0.4, -0.2) is 15.0 Å². The predicted molar refractivity (Wildman–Crippen MR) is 353 cm³/mol. The van der Waals surface area contributed by atoms with Gasteiger partial charge in [-0.1, -0.05) is 126 Å². The van der Waals surface area contributed by atoms with E-state index in [1.54, 1.807) is 0 Å². The van der Waals surface area contributed by atoms with Gasteiger partial charge in [-0.2, -0.15) is 0 Å². The van der Waals surface area contributed by atoms with Crippen molar-refractivity contribution < 1.29 is 27.0 Å². The third-order valence-electron chi connectivity index (χ3n) is 16.9. The highest BCUT2D eigenvalue weighted by atomic mass is 16.3. The topological polar surface area (TPSA) is 89.7 Å². The summed E-state index contributed by atoms with van der Waals surface area (Å²) < 4.78 is 25.4. The van der Waals surface area contributed by atoms with Gasteiger partial charge < -0.3 is 13.3 Å². The van der Waals surface area contributed by atoms with Crippen molar-refractivity contribution in [3.63, 3.8) is 0 Å². The molecule has 0 N–H and O–H groups in total. The molecule has 0 saturated carbocycles. The van der Waals surface area contributed by atoms with Crippen LogP contribution < -0.4 is 13.7 Å². The molecule has 0 amide bonds. The molecular formula is C78H69N6O3+3. The lowest BCUT2D eigenvalue weighted by atomic mass is 9.94. The lowest BCUT2D eigenvalue weighted by Crippen LogP contribution is -2.31. The van der Waals surface area contributed by atoms with Crippen molar-refractivity contribution in [2.24, 2.45) is 21.1 Å². The maximum absolute atomic E-state index is 6.34. The molecule has 0 saturated heterocycles. The molecule has 0 aliphatic carbocycles. The number of aryl methyl sites for hydroxylation is 12. The molecule has 9 aromatic heterocycles. The van der Waals surface area contributed by atoms with Crippen LogP contribution in [0.4, 0.5) is 0 Å². The van der Waals surface area contributed by atoms with Crippen LogP contribution in [0.3, 0.4) is 0 Å². The molecule has 15 rings (SSSR count). The molecule has 6 aromatic carbocycles. The lowest BCUT2D eigenvalue weighted by Gasteiger charge is -2.11. The van der Waals surface area contributed by atoms with E-state index in [-0.39, 0.29) is 0 Å². The highest BCUT2D eigenvalue weighted by molar-refractivity contribution is 6.11. The number of aromatic nitrogens is 6. The summed E-state index contributed by atoms with van der Waals surface area (Å²) in [4.78, 5) is 13.8. The first-order valence-electron chi connectivity index (χ1n) is 29.6. The van der Waals surface area contributed by atoms with E-state index in [1.165, 1.54) is 66.8 Å². The Hall–Kier alpha value is -10.4. The molecule has 9 heterocycles. The van der Waals surface area contributed by atoms with Crippen molar-refractivity contribution in [2.45, 2.75) is 62.3 Å². The number of hydrogen-bond donors (Lipinski definition) is 0. The van der Waals surface area contributed by atoms with E-state index >= 15 is 0 Å². The van der Waals surface area contributed by atoms with E-state index in [2.05, 4.69) is 274 Å². The fourth-order valence-corrected chi connectivity index (χ4v) is 12.1. The summed E-state index contributed by atoms with van der Waals surface area (Å²) in [5, 5.41) is 6.49. The molecule has 0 radical (unpaired) electrons. The molecule has 15 aromatic rings. The number of furan rings is 3. The Morgan fingerprint density at radius 3 is 1.18 bits per heavy atom. The molecule has 426 valence electrons. The molecule has 87 heavy (non-hydrogen) atoms. The Morgan fingerprint density at radius 1 is 0.310 bits per heavy atom. The quantitative estimate of drug-likeness (QED) is 0.154. The van der Waals surface area contributed by atoms with E-state index in [1.807, 2.05) is 39.0 Å². The van der Waals surface area contributed by atoms with E-state index in [4.69, 9.17) is 13.3 Å². The summed E-state index contributed by atoms with van der Waals surface area (Å²) in [6.07, 6.45) is 6.40. The Bertz CT molecular complexity index is 5160. The highest BCUT2D eigenvalue weighted by Gasteiger charge is 2.27. The van der Waals surface area contributed by atoms with Crippen LogP contribution in [0.1, 0.15) is 50.5 Å². The van der Waals surface area contributed by atoms with Crippen LogP contribution in [-0.2, 0) is 21.1 Å². The van der Waals surface area contributed by atoms with Crippen molar-refractivity contribution in [1.29, 1.82) is 0 Å². The average molecular weight is 1140 g/mol. The SMILES string of the molecule is Cc1ccc(-c2cc[n+](C)c(-c3c(C)ccc4c3oc3nc(C)ccc34)c2)cc1.Cc1ccc(-c2ccc(-c3c(C)ccc4c3oc3nc(C)ccc34)[n+](C)c2)cc1.Cc1ccc(-c2ccc[n+](C)c2-c2c(C)ccc3c2oc2nc(C)ccc23)cc1. The van der Waals surface area contributed by atoms with E-state index < -0.39 is 0 Å². The minimum absolute atomic E-state index is 0.697. The number of fused-ring (bicyclic) bond motifs is 9. The van der Waals surface area contributed by atoms with Crippen LogP contribution in [0.25, 0.3) is 133 Å². The van der Waals surface area contributed by atoms with Crippen molar-refractivity contribution >= 4 is 66.2 Å². The Balaban J connectivity index is 0.000000121. The normalized spacial score (nSPS) is 11.4. The molecule has 9 heteroatoms. The summed E-state index contributed by atoms with van der Waals surface area (Å²) >= 11 is 0. The van der Waals surface area contributed by atoms with Gasteiger partial charge in [-0.05, 0) is 150 Å². The second kappa shape index (κ2) is 22.6. The Labute approximate surface area is 507 Å². The minimum Gasteiger partial charge on any atom is -0.437 e. The van der Waals surface area contributed by atoms with Gasteiger partial charge in [0.15, 0.2) is 35.3 Å². The Kier molecular flexibility index (Phi) is 14.5. The zero-order valence-corrected chi connectivity index (χ0v) is 51.5. The second-order valence-corrected chi connectivity index (χ2v) is 23.4. The molecule has 0 aliphatic heterocycles. The zero-order chi connectivity index (χ0) is 60.4. The van der Waals surface area contributed by atoms with E-state index in [9.17, 15) is 0 Å². The molecule has 0 fully saturated rings. The lowest BCUT2D eigenvalue weighted by molar-refractivity contribution is -0.660. The van der Waals surface area contributed by atoms with E-state index in [0.29, 0.717) is 17.1 Å². The van der Waals surface area contributed by atoms with Crippen LogP contribution >= 0.6 is 0 Å². The predicted octanol–water partition coefficient (Wildman–Crippen LogP) is 18.2. The van der Waals surface area contributed by atoms with Gasteiger partial charge >= 0.3 is 0 Å². The minimum atomic E-state index is 0.697. The number of rotatable bonds is 6. The number of pyridine rings is 6. The Morgan fingerprint density at radius 2 is 0.713 bits per heavy atom. The molecule has 0 unspecified atom stereocenters. The number of hydrogen-bond acceptors (Lipinski definition) is 6. The largest absolute Gasteiger partial charge is 0.437 e. The van der Waals surface area contributed by atoms with Crippen LogP contribution in [0.2, 0.25) is 0 Å². The zero-order valence-electron chi connectivity index (χ0n) is 51.5. The summed E-state index contributed by atoms with van der Waals surface area (Å²) in [5.74, 6) is 0. The molecular weight excluding hydrogens is 1070 g/mol. The second-order valence-electron chi connectivity index (χ2n) is 23.4. The number of nitrogens with zero attached hydrogens (tertiary/aromatic N) is 6. The van der Waals surface area contributed by atoms with Crippen LogP contribution in [0, 0.1) is 62.3 Å². The summed E-state index contributed by atoms with van der Waals surface area (Å²) in [6, 6.07) is 64.4. The standard InChI is InChI=1S/3C26H23N2O/c1-16-5-9-19(10-6-16)20-11-14-23(28(4)15-20)24-17(2)7-12-21-22-13-8-18(3)27-26(22)29-25(21)24;1-16-5-9-19(10-6-16)20-13-14-28(4)23(15-20)24-17(2)7-11-21-22-12-8-18(3)27-26(22)29-25(21)24;1-16-7-11-19(12-8-16)20-6-5-15-28(4)24(20)23-17(2)9-13-21-22-14-10-18(3)27-26(22)29-25(21)23/h3*5-15H,1-4H3/q3*+1. The van der Waals surface area contributed by atoms with Crippen molar-refractivity contribution in [3.05, 3.63) is 251 Å². The molecule has 9 nitrogen and oxygen atoms in total. The van der Waals surface area contributed by atoms with Gasteiger partial charge in [0, 0.05) is 79.2 Å². The van der Waals surface area contributed by atoms with Gasteiger partial charge in [-0.25, -0.2) is 28.7 Å². The van der Waals surface area contributed by atoms with Crippen molar-refractivity contribution in [2.75, 3.05) is 0 Å². The van der Waals surface area contributed by atoms with Gasteiger partial charge in [0.1, 0.15) is 21.1 Å². The van der Waals surface area contributed by atoms with Gasteiger partial charge in [0.2, 0.25) is 34.2 Å². The van der Waals surface area contributed by atoms with Gasteiger partial charge in [0.25, 0.3) is 0 Å². The first-order chi connectivity index (χ1) is 42.0. The third-order valence-corrected chi connectivity index (χ3v) is 16.9. The smallest absolute Gasteiger partial charge is 0.227 e. The molecule has 0 bridgehead atoms. The summed E-state index contributed by atoms with van der Waals surface area (Å²) in [6.45, 7) is 18.7. The number of benzene rings is 6. The maximum Gasteiger partial charge on any atom is 0.227 e. The van der Waals surface area contributed by atoms with Crippen molar-refractivity contribution in [1.82, 2.24) is 15.0 Å². The highest BCUT2D eigenvalue weighted by Crippen LogP contribution is 2.42.